The van der Waals surface area contributed by atoms with E-state index in [4.69, 9.17) is 4.74 Å². The summed E-state index contributed by atoms with van der Waals surface area (Å²) in [4.78, 5) is 36.7. The summed E-state index contributed by atoms with van der Waals surface area (Å²) in [5.74, 6) is -0.0526. The van der Waals surface area contributed by atoms with E-state index in [0.717, 1.165) is 0 Å². The van der Waals surface area contributed by atoms with E-state index < -0.39 is 5.97 Å². The maximum Gasteiger partial charge on any atom is 0.340 e. The van der Waals surface area contributed by atoms with E-state index in [0.29, 0.717) is 43.4 Å². The van der Waals surface area contributed by atoms with E-state index in [1.807, 2.05) is 11.0 Å². The lowest BCUT2D eigenvalue weighted by molar-refractivity contribution is -0.134. The van der Waals surface area contributed by atoms with Gasteiger partial charge in [0.2, 0.25) is 5.95 Å². The number of ether oxygens (including phenoxy) is 1. The van der Waals surface area contributed by atoms with E-state index in [2.05, 4.69) is 15.3 Å². The monoisotopic (exact) mass is 355 g/mol. The average Bonchev–Trinajstić information content (AvgIpc) is 2.72. The van der Waals surface area contributed by atoms with Crippen molar-refractivity contribution in [3.05, 3.63) is 48.3 Å². The molecule has 1 aliphatic heterocycles. The molecule has 1 saturated heterocycles. The van der Waals surface area contributed by atoms with Crippen molar-refractivity contribution in [3.63, 3.8) is 0 Å². The van der Waals surface area contributed by atoms with Gasteiger partial charge in [0.1, 0.15) is 0 Å². The highest BCUT2D eigenvalue weighted by Crippen LogP contribution is 2.15. The molecule has 2 aromatic rings. The quantitative estimate of drug-likeness (QED) is 0.801. The Balaban J connectivity index is 1.49. The number of hydrogen-bond donors (Lipinski definition) is 1. The molecule has 1 fully saturated rings. The molecule has 0 bridgehead atoms. The fourth-order valence-corrected chi connectivity index (χ4v) is 2.79. The third kappa shape index (κ3) is 4.08. The zero-order chi connectivity index (χ0) is 18.4. The summed E-state index contributed by atoms with van der Waals surface area (Å²) < 4.78 is 5.19. The first-order valence-electron chi connectivity index (χ1n) is 8.42. The smallest absolute Gasteiger partial charge is 0.340 e. The highest BCUT2D eigenvalue weighted by atomic mass is 16.5. The Morgan fingerprint density at radius 2 is 1.77 bits per heavy atom. The van der Waals surface area contributed by atoms with E-state index in [-0.39, 0.29) is 12.5 Å². The van der Waals surface area contributed by atoms with E-state index in [1.165, 1.54) is 0 Å². The lowest BCUT2D eigenvalue weighted by atomic mass is 10.2. The Morgan fingerprint density at radius 1 is 1.08 bits per heavy atom. The minimum Gasteiger partial charge on any atom is -0.452 e. The number of hydrogen-bond acceptors (Lipinski definition) is 7. The molecule has 1 aromatic carbocycles. The van der Waals surface area contributed by atoms with Crippen LogP contribution < -0.4 is 10.2 Å². The Morgan fingerprint density at radius 3 is 2.46 bits per heavy atom. The predicted octanol–water partition coefficient (Wildman–Crippen LogP) is 1.02. The SMILES string of the molecule is CNc1ccccc1C(=O)OCC(=O)N1CCN(c2ncccn2)CC1. The van der Waals surface area contributed by atoms with Crippen molar-refractivity contribution < 1.29 is 14.3 Å². The fraction of sp³-hybridized carbons (Fsp3) is 0.333. The van der Waals surface area contributed by atoms with Gasteiger partial charge in [0.05, 0.1) is 5.56 Å². The number of carbonyl (C=O) groups is 2. The van der Waals surface area contributed by atoms with Gasteiger partial charge in [-0.25, -0.2) is 14.8 Å². The number of amides is 1. The number of piperazine rings is 1. The zero-order valence-corrected chi connectivity index (χ0v) is 14.6. The predicted molar refractivity (Wildman–Crippen MR) is 97.1 cm³/mol. The van der Waals surface area contributed by atoms with Gasteiger partial charge in [-0.2, -0.15) is 0 Å². The molecule has 8 heteroatoms. The molecule has 8 nitrogen and oxygen atoms in total. The molecular weight excluding hydrogens is 334 g/mol. The first-order valence-corrected chi connectivity index (χ1v) is 8.42. The molecule has 1 aromatic heterocycles. The van der Waals surface area contributed by atoms with Gasteiger partial charge in [-0.1, -0.05) is 12.1 Å². The van der Waals surface area contributed by atoms with Crippen LogP contribution in [-0.4, -0.2) is 66.6 Å². The van der Waals surface area contributed by atoms with Crippen LogP contribution in [0.5, 0.6) is 0 Å². The van der Waals surface area contributed by atoms with E-state index in [1.54, 1.807) is 48.6 Å². The van der Waals surface area contributed by atoms with Crippen molar-refractivity contribution in [3.8, 4) is 0 Å². The molecule has 0 aliphatic carbocycles. The van der Waals surface area contributed by atoms with Gasteiger partial charge >= 0.3 is 5.97 Å². The molecule has 1 N–H and O–H groups in total. The summed E-state index contributed by atoms with van der Waals surface area (Å²) in [6.45, 7) is 2.11. The van der Waals surface area contributed by atoms with Gasteiger partial charge in [-0.3, -0.25) is 4.79 Å². The molecule has 1 amide bonds. The molecule has 0 spiro atoms. The third-order valence-electron chi connectivity index (χ3n) is 4.21. The van der Waals surface area contributed by atoms with Crippen LogP contribution in [0.25, 0.3) is 0 Å². The summed E-state index contributed by atoms with van der Waals surface area (Å²) in [7, 11) is 1.73. The molecule has 0 saturated carbocycles. The van der Waals surface area contributed by atoms with E-state index in [9.17, 15) is 9.59 Å². The highest BCUT2D eigenvalue weighted by molar-refractivity contribution is 5.96. The van der Waals surface area contributed by atoms with Crippen molar-refractivity contribution in [2.75, 3.05) is 50.1 Å². The number of nitrogens with one attached hydrogen (secondary N) is 1. The molecular formula is C18H21N5O3. The first-order chi connectivity index (χ1) is 12.7. The van der Waals surface area contributed by atoms with Gasteiger partial charge in [-0.15, -0.1) is 0 Å². The minimum atomic E-state index is -0.514. The number of nitrogens with zero attached hydrogens (tertiary/aromatic N) is 4. The molecule has 0 atom stereocenters. The number of anilines is 2. The van der Waals surface area contributed by atoms with Gasteiger partial charge in [0.15, 0.2) is 6.61 Å². The van der Waals surface area contributed by atoms with Crippen LogP contribution >= 0.6 is 0 Å². The highest BCUT2D eigenvalue weighted by Gasteiger charge is 2.23. The number of rotatable bonds is 5. The van der Waals surface area contributed by atoms with Gasteiger partial charge in [0.25, 0.3) is 5.91 Å². The molecule has 0 radical (unpaired) electrons. The average molecular weight is 355 g/mol. The molecule has 0 unspecified atom stereocenters. The third-order valence-corrected chi connectivity index (χ3v) is 4.21. The standard InChI is InChI=1S/C18H21N5O3/c1-19-15-6-3-2-5-14(15)17(25)26-13-16(24)22-9-11-23(12-10-22)18-20-7-4-8-21-18/h2-8,19H,9-13H2,1H3. The normalized spacial score (nSPS) is 14.0. The number of aromatic nitrogens is 2. The summed E-state index contributed by atoms with van der Waals surface area (Å²) in [6, 6.07) is 8.79. The molecule has 136 valence electrons. The van der Waals surface area contributed by atoms with Crippen LogP contribution in [-0.2, 0) is 9.53 Å². The van der Waals surface area contributed by atoms with Crippen LogP contribution in [0.15, 0.2) is 42.7 Å². The maximum absolute atomic E-state index is 12.3. The van der Waals surface area contributed by atoms with Crippen LogP contribution in [0.4, 0.5) is 11.6 Å². The number of benzene rings is 1. The van der Waals surface area contributed by atoms with Gasteiger partial charge in [0, 0.05) is 51.3 Å². The maximum atomic E-state index is 12.3. The number of esters is 1. The van der Waals surface area contributed by atoms with Gasteiger partial charge < -0.3 is 19.9 Å². The second-order valence-corrected chi connectivity index (χ2v) is 5.79. The summed E-state index contributed by atoms with van der Waals surface area (Å²) in [6.07, 6.45) is 3.39. The first kappa shape index (κ1) is 17.7. The number of para-hydroxylation sites is 1. The molecule has 26 heavy (non-hydrogen) atoms. The lowest BCUT2D eigenvalue weighted by Gasteiger charge is -2.34. The van der Waals surface area contributed by atoms with Crippen molar-refractivity contribution in [1.29, 1.82) is 0 Å². The fourth-order valence-electron chi connectivity index (χ4n) is 2.79. The largest absolute Gasteiger partial charge is 0.452 e. The zero-order valence-electron chi connectivity index (χ0n) is 14.6. The second-order valence-electron chi connectivity index (χ2n) is 5.79. The second kappa shape index (κ2) is 8.28. The minimum absolute atomic E-state index is 0.200. The number of carbonyl (C=O) groups excluding carboxylic acids is 2. The van der Waals surface area contributed by atoms with Crippen LogP contribution in [0.2, 0.25) is 0 Å². The summed E-state index contributed by atoms with van der Waals surface area (Å²) in [5.41, 5.74) is 1.08. The van der Waals surface area contributed by atoms with Crippen molar-refractivity contribution in [2.45, 2.75) is 0 Å². The van der Waals surface area contributed by atoms with Crippen molar-refractivity contribution in [2.24, 2.45) is 0 Å². The van der Waals surface area contributed by atoms with E-state index >= 15 is 0 Å². The summed E-state index contributed by atoms with van der Waals surface area (Å²) >= 11 is 0. The Labute approximate surface area is 151 Å². The van der Waals surface area contributed by atoms with Crippen molar-refractivity contribution in [1.82, 2.24) is 14.9 Å². The molecule has 3 rings (SSSR count). The van der Waals surface area contributed by atoms with Gasteiger partial charge in [-0.05, 0) is 18.2 Å². The van der Waals surface area contributed by atoms with Crippen LogP contribution in [0, 0.1) is 0 Å². The Hall–Kier alpha value is -3.16. The van der Waals surface area contributed by atoms with Crippen LogP contribution in [0.3, 0.4) is 0 Å². The topological polar surface area (TPSA) is 87.7 Å². The Kier molecular flexibility index (Phi) is 5.62. The Bertz CT molecular complexity index is 760. The molecule has 2 heterocycles. The van der Waals surface area contributed by atoms with Crippen LogP contribution in [0.1, 0.15) is 10.4 Å². The van der Waals surface area contributed by atoms with Crippen molar-refractivity contribution >= 4 is 23.5 Å². The summed E-state index contributed by atoms with van der Waals surface area (Å²) in [5, 5.41) is 2.93. The molecule has 1 aliphatic rings. The lowest BCUT2D eigenvalue weighted by Crippen LogP contribution is -2.50.